The molecule has 1 rings (SSSR count). The predicted molar refractivity (Wildman–Crippen MR) is 45.7 cm³/mol. The maximum atomic E-state index is 8.77. The van der Waals surface area contributed by atoms with Gasteiger partial charge in [0.2, 0.25) is 5.01 Å². The first kappa shape index (κ1) is 12.1. The first-order valence-corrected chi connectivity index (χ1v) is 4.75. The van der Waals surface area contributed by atoms with Crippen LogP contribution in [0.2, 0.25) is 0 Å². The van der Waals surface area contributed by atoms with Crippen LogP contribution in [0.25, 0.3) is 0 Å². The molecule has 0 spiro atoms. The maximum absolute atomic E-state index is 8.77. The van der Waals surface area contributed by atoms with Gasteiger partial charge in [-0.1, -0.05) is 18.3 Å². The fraction of sp³-hybridized carbons (Fsp3) is 0.625. The Labute approximate surface area is 87.6 Å². The third kappa shape index (κ3) is 2.54. The number of aryl methyl sites for hydroxylation is 2. The molecule has 1 heterocycles. The van der Waals surface area contributed by atoms with Gasteiger partial charge in [0.1, 0.15) is 6.61 Å². The SMILES string of the molecule is CCc1scc(C)[n+]1CCO.[Br-]. The van der Waals surface area contributed by atoms with E-state index in [1.807, 2.05) is 0 Å². The van der Waals surface area contributed by atoms with Crippen molar-refractivity contribution in [1.82, 2.24) is 0 Å². The van der Waals surface area contributed by atoms with Crippen molar-refractivity contribution in [1.29, 1.82) is 0 Å². The van der Waals surface area contributed by atoms with Crippen LogP contribution in [0, 0.1) is 6.92 Å². The molecule has 1 aromatic heterocycles. The molecule has 0 radical (unpaired) electrons. The van der Waals surface area contributed by atoms with E-state index in [4.69, 9.17) is 5.11 Å². The molecule has 12 heavy (non-hydrogen) atoms. The molecule has 0 aliphatic carbocycles. The molecule has 4 heteroatoms. The average Bonchev–Trinajstić information content (AvgIpc) is 2.34. The average molecular weight is 252 g/mol. The second-order valence-corrected chi connectivity index (χ2v) is 3.44. The van der Waals surface area contributed by atoms with Crippen LogP contribution in [-0.4, -0.2) is 11.7 Å². The number of hydrogen-bond donors (Lipinski definition) is 1. The molecular weight excluding hydrogens is 238 g/mol. The second kappa shape index (κ2) is 5.67. The lowest BCUT2D eigenvalue weighted by Gasteiger charge is -1.93. The lowest BCUT2D eigenvalue weighted by atomic mass is 10.4. The molecule has 70 valence electrons. The lowest BCUT2D eigenvalue weighted by molar-refractivity contribution is -0.705. The van der Waals surface area contributed by atoms with Crippen LogP contribution in [-0.2, 0) is 13.0 Å². The molecule has 0 aliphatic rings. The number of rotatable bonds is 3. The van der Waals surface area contributed by atoms with E-state index in [9.17, 15) is 0 Å². The molecule has 0 unspecified atom stereocenters. The summed E-state index contributed by atoms with van der Waals surface area (Å²) in [4.78, 5) is 0. The van der Waals surface area contributed by atoms with Crippen LogP contribution in [0.1, 0.15) is 17.6 Å². The molecule has 0 amide bonds. The van der Waals surface area contributed by atoms with Gasteiger partial charge in [-0.3, -0.25) is 0 Å². The van der Waals surface area contributed by atoms with E-state index in [2.05, 4.69) is 23.8 Å². The molecule has 1 aromatic rings. The van der Waals surface area contributed by atoms with Gasteiger partial charge in [-0.05, 0) is 0 Å². The summed E-state index contributed by atoms with van der Waals surface area (Å²) in [7, 11) is 0. The zero-order valence-electron chi connectivity index (χ0n) is 7.38. The van der Waals surface area contributed by atoms with Crippen LogP contribution in [0.3, 0.4) is 0 Å². The fourth-order valence-corrected chi connectivity index (χ4v) is 2.12. The highest BCUT2D eigenvalue weighted by molar-refractivity contribution is 7.09. The Morgan fingerprint density at radius 2 is 2.25 bits per heavy atom. The zero-order chi connectivity index (χ0) is 8.27. The van der Waals surface area contributed by atoms with Gasteiger partial charge in [0, 0.05) is 13.3 Å². The minimum absolute atomic E-state index is 0. The normalized spacial score (nSPS) is 9.58. The van der Waals surface area contributed by atoms with Gasteiger partial charge >= 0.3 is 0 Å². The first-order chi connectivity index (χ1) is 5.29. The van der Waals surface area contributed by atoms with E-state index in [-0.39, 0.29) is 23.6 Å². The Morgan fingerprint density at radius 1 is 1.58 bits per heavy atom. The highest BCUT2D eigenvalue weighted by Gasteiger charge is 2.13. The van der Waals surface area contributed by atoms with Gasteiger partial charge in [-0.2, -0.15) is 4.57 Å². The summed E-state index contributed by atoms with van der Waals surface area (Å²) in [5, 5.41) is 12.2. The summed E-state index contributed by atoms with van der Waals surface area (Å²) in [5.74, 6) is 0. The highest BCUT2D eigenvalue weighted by atomic mass is 79.9. The number of thiazole rings is 1. The number of nitrogens with zero attached hydrogens (tertiary/aromatic N) is 1. The molecule has 0 saturated heterocycles. The summed E-state index contributed by atoms with van der Waals surface area (Å²) in [6, 6.07) is 0. The third-order valence-electron chi connectivity index (χ3n) is 1.72. The van der Waals surface area contributed by atoms with Crippen LogP contribution in [0.5, 0.6) is 0 Å². The van der Waals surface area contributed by atoms with Crippen molar-refractivity contribution in [3.63, 3.8) is 0 Å². The van der Waals surface area contributed by atoms with Crippen LogP contribution >= 0.6 is 11.3 Å². The summed E-state index contributed by atoms with van der Waals surface area (Å²) in [6.45, 7) is 5.18. The van der Waals surface area contributed by atoms with Gasteiger partial charge in [0.05, 0.1) is 5.38 Å². The van der Waals surface area contributed by atoms with Gasteiger partial charge in [-0.25, -0.2) is 0 Å². The number of halogens is 1. The molecule has 0 atom stereocenters. The van der Waals surface area contributed by atoms with Crippen molar-refractivity contribution >= 4 is 11.3 Å². The molecule has 0 bridgehead atoms. The minimum atomic E-state index is 0. The van der Waals surface area contributed by atoms with E-state index in [0.717, 1.165) is 13.0 Å². The third-order valence-corrected chi connectivity index (χ3v) is 2.96. The minimum Gasteiger partial charge on any atom is -1.00 e. The van der Waals surface area contributed by atoms with E-state index in [1.54, 1.807) is 11.3 Å². The number of hydrogen-bond acceptors (Lipinski definition) is 2. The van der Waals surface area contributed by atoms with Crippen molar-refractivity contribution < 1.29 is 26.7 Å². The molecule has 0 saturated carbocycles. The molecule has 1 N–H and O–H groups in total. The molecule has 0 aliphatic heterocycles. The maximum Gasteiger partial charge on any atom is 0.237 e. The molecule has 0 aromatic carbocycles. The quantitative estimate of drug-likeness (QED) is 0.612. The topological polar surface area (TPSA) is 24.1 Å². The monoisotopic (exact) mass is 251 g/mol. The van der Waals surface area contributed by atoms with Crippen LogP contribution in [0.15, 0.2) is 5.38 Å². The van der Waals surface area contributed by atoms with Crippen molar-refractivity contribution in [2.24, 2.45) is 0 Å². The van der Waals surface area contributed by atoms with Gasteiger partial charge in [-0.15, -0.1) is 0 Å². The smallest absolute Gasteiger partial charge is 0.237 e. The van der Waals surface area contributed by atoms with Crippen LogP contribution in [0.4, 0.5) is 0 Å². The van der Waals surface area contributed by atoms with E-state index in [1.165, 1.54) is 10.7 Å². The van der Waals surface area contributed by atoms with Gasteiger partial charge in [0.15, 0.2) is 12.2 Å². The largest absolute Gasteiger partial charge is 1.00 e. The van der Waals surface area contributed by atoms with Crippen molar-refractivity contribution in [3.8, 4) is 0 Å². The highest BCUT2D eigenvalue weighted by Crippen LogP contribution is 2.06. The standard InChI is InChI=1S/C8H14NOS.BrH/c1-3-8-9(4-5-10)7(2)6-11-8;/h6,10H,3-5H2,1-2H3;1H/q+1;/p-1. The molecular formula is C8H14BrNOS. The van der Waals surface area contributed by atoms with E-state index < -0.39 is 0 Å². The zero-order valence-corrected chi connectivity index (χ0v) is 9.78. The summed E-state index contributed by atoms with van der Waals surface area (Å²) in [6.07, 6.45) is 1.05. The lowest BCUT2D eigenvalue weighted by Crippen LogP contribution is -3.00. The molecule has 2 nitrogen and oxygen atoms in total. The first-order valence-electron chi connectivity index (χ1n) is 3.87. The van der Waals surface area contributed by atoms with Crippen molar-refractivity contribution in [3.05, 3.63) is 16.1 Å². The van der Waals surface area contributed by atoms with Gasteiger partial charge < -0.3 is 22.1 Å². The van der Waals surface area contributed by atoms with Crippen molar-refractivity contribution in [2.75, 3.05) is 6.61 Å². The fourth-order valence-electron chi connectivity index (χ4n) is 1.15. The summed E-state index contributed by atoms with van der Waals surface area (Å²) >= 11 is 1.77. The Morgan fingerprint density at radius 3 is 2.75 bits per heavy atom. The number of aliphatic hydroxyl groups is 1. The summed E-state index contributed by atoms with van der Waals surface area (Å²) in [5.41, 5.74) is 1.25. The predicted octanol–water partition coefficient (Wildman–Crippen LogP) is -2.10. The molecule has 0 fully saturated rings. The Bertz CT molecular complexity index is 237. The van der Waals surface area contributed by atoms with Crippen molar-refractivity contribution in [2.45, 2.75) is 26.8 Å². The van der Waals surface area contributed by atoms with E-state index >= 15 is 0 Å². The Kier molecular flexibility index (Phi) is 5.70. The Hall–Kier alpha value is 0.0700. The Balaban J connectivity index is 0.00000121. The van der Waals surface area contributed by atoms with Gasteiger partial charge in [0.25, 0.3) is 0 Å². The second-order valence-electron chi connectivity index (χ2n) is 2.50. The summed E-state index contributed by atoms with van der Waals surface area (Å²) < 4.78 is 2.17. The number of aliphatic hydroxyl groups excluding tert-OH is 1. The van der Waals surface area contributed by atoms with Crippen LogP contribution < -0.4 is 21.5 Å². The number of aromatic nitrogens is 1. The van der Waals surface area contributed by atoms with E-state index in [0.29, 0.717) is 0 Å².